The van der Waals surface area contributed by atoms with Gasteiger partial charge in [-0.15, -0.1) is 0 Å². The summed E-state index contributed by atoms with van der Waals surface area (Å²) in [6, 6.07) is 8.59. The van der Waals surface area contributed by atoms with Gasteiger partial charge in [-0.1, -0.05) is 17.7 Å². The molecule has 0 radical (unpaired) electrons. The lowest BCUT2D eigenvalue weighted by atomic mass is 10.2. The second-order valence-corrected chi connectivity index (χ2v) is 4.29. The molecule has 0 aliphatic carbocycles. The van der Waals surface area contributed by atoms with Gasteiger partial charge < -0.3 is 14.7 Å². The van der Waals surface area contributed by atoms with Crippen molar-refractivity contribution in [1.82, 2.24) is 0 Å². The van der Waals surface area contributed by atoms with Gasteiger partial charge in [0.2, 0.25) is 0 Å². The molecule has 1 aliphatic rings. The number of aliphatic hydroxyl groups is 1. The molecule has 16 heavy (non-hydrogen) atoms. The third kappa shape index (κ3) is 2.74. The molecule has 1 N–H and O–H groups in total. The highest BCUT2D eigenvalue weighted by Crippen LogP contribution is 2.21. The van der Waals surface area contributed by atoms with Crippen molar-refractivity contribution in [2.75, 3.05) is 31.2 Å². The van der Waals surface area contributed by atoms with Crippen LogP contribution < -0.4 is 4.90 Å². The van der Waals surface area contributed by atoms with E-state index in [1.54, 1.807) is 0 Å². The van der Waals surface area contributed by atoms with E-state index in [4.69, 9.17) is 9.84 Å². The van der Waals surface area contributed by atoms with Crippen LogP contribution in [-0.4, -0.2) is 37.5 Å². The molecular formula is C13H19NO2. The minimum absolute atomic E-state index is 0.112. The molecule has 3 nitrogen and oxygen atoms in total. The quantitative estimate of drug-likeness (QED) is 0.838. The molecular weight excluding hydrogens is 202 g/mol. The van der Waals surface area contributed by atoms with Crippen LogP contribution in [0, 0.1) is 6.92 Å². The monoisotopic (exact) mass is 221 g/mol. The Morgan fingerprint density at radius 1 is 1.38 bits per heavy atom. The van der Waals surface area contributed by atoms with Gasteiger partial charge in [-0.2, -0.15) is 0 Å². The SMILES string of the molecule is Cc1ccc(N2CC[C@@H](OCCO)C2)cc1. The smallest absolute Gasteiger partial charge is 0.0767 e. The van der Waals surface area contributed by atoms with Gasteiger partial charge in [0.25, 0.3) is 0 Å². The van der Waals surface area contributed by atoms with Gasteiger partial charge in [-0.3, -0.25) is 0 Å². The summed E-state index contributed by atoms with van der Waals surface area (Å²) in [5, 5.41) is 8.70. The predicted octanol–water partition coefficient (Wildman–Crippen LogP) is 1.58. The topological polar surface area (TPSA) is 32.7 Å². The Labute approximate surface area is 96.6 Å². The Morgan fingerprint density at radius 2 is 2.12 bits per heavy atom. The number of nitrogens with zero attached hydrogens (tertiary/aromatic N) is 1. The maximum Gasteiger partial charge on any atom is 0.0767 e. The van der Waals surface area contributed by atoms with Crippen molar-refractivity contribution in [3.63, 3.8) is 0 Å². The van der Waals surface area contributed by atoms with E-state index in [2.05, 4.69) is 36.1 Å². The third-order valence-corrected chi connectivity index (χ3v) is 2.99. The molecule has 0 bridgehead atoms. The molecule has 0 aromatic heterocycles. The zero-order valence-corrected chi connectivity index (χ0v) is 9.72. The molecule has 0 saturated carbocycles. The zero-order chi connectivity index (χ0) is 11.4. The number of anilines is 1. The third-order valence-electron chi connectivity index (χ3n) is 2.99. The average Bonchev–Trinajstić information content (AvgIpc) is 2.76. The molecule has 1 aromatic carbocycles. The molecule has 1 aliphatic heterocycles. The summed E-state index contributed by atoms with van der Waals surface area (Å²) in [4.78, 5) is 2.33. The largest absolute Gasteiger partial charge is 0.394 e. The lowest BCUT2D eigenvalue weighted by Crippen LogP contribution is -2.23. The molecule has 3 heteroatoms. The first-order chi connectivity index (χ1) is 7.79. The number of aliphatic hydroxyl groups excluding tert-OH is 1. The second-order valence-electron chi connectivity index (χ2n) is 4.29. The summed E-state index contributed by atoms with van der Waals surface area (Å²) in [5.41, 5.74) is 2.55. The van der Waals surface area contributed by atoms with Crippen LogP contribution >= 0.6 is 0 Å². The van der Waals surface area contributed by atoms with Crippen LogP contribution in [0.5, 0.6) is 0 Å². The molecule has 1 atom stereocenters. The number of hydrogen-bond donors (Lipinski definition) is 1. The number of hydrogen-bond acceptors (Lipinski definition) is 3. The van der Waals surface area contributed by atoms with Crippen molar-refractivity contribution < 1.29 is 9.84 Å². The predicted molar refractivity (Wildman–Crippen MR) is 64.8 cm³/mol. The summed E-state index contributed by atoms with van der Waals surface area (Å²) in [5.74, 6) is 0. The van der Waals surface area contributed by atoms with Crippen LogP contribution in [0.1, 0.15) is 12.0 Å². The van der Waals surface area contributed by atoms with Crippen LogP contribution in [0.4, 0.5) is 5.69 Å². The number of benzene rings is 1. The highest BCUT2D eigenvalue weighted by atomic mass is 16.5. The zero-order valence-electron chi connectivity index (χ0n) is 9.72. The Morgan fingerprint density at radius 3 is 2.81 bits per heavy atom. The summed E-state index contributed by atoms with van der Waals surface area (Å²) < 4.78 is 5.54. The molecule has 0 unspecified atom stereocenters. The molecule has 1 fully saturated rings. The minimum Gasteiger partial charge on any atom is -0.394 e. The molecule has 0 spiro atoms. The lowest BCUT2D eigenvalue weighted by Gasteiger charge is -2.18. The standard InChI is InChI=1S/C13H19NO2/c1-11-2-4-12(5-3-11)14-7-6-13(10-14)16-9-8-15/h2-5,13,15H,6-10H2,1H3/t13-/m1/s1. The van der Waals surface area contributed by atoms with E-state index in [0.29, 0.717) is 6.61 Å². The highest BCUT2D eigenvalue weighted by molar-refractivity contribution is 5.48. The van der Waals surface area contributed by atoms with Crippen LogP contribution in [-0.2, 0) is 4.74 Å². The van der Waals surface area contributed by atoms with Crippen molar-refractivity contribution in [2.45, 2.75) is 19.4 Å². The van der Waals surface area contributed by atoms with Crippen LogP contribution in [0.2, 0.25) is 0 Å². The van der Waals surface area contributed by atoms with E-state index in [-0.39, 0.29) is 12.7 Å². The minimum atomic E-state index is 0.112. The summed E-state index contributed by atoms with van der Waals surface area (Å²) in [6.45, 7) is 4.64. The first-order valence-electron chi connectivity index (χ1n) is 5.83. The van der Waals surface area contributed by atoms with E-state index >= 15 is 0 Å². The highest BCUT2D eigenvalue weighted by Gasteiger charge is 2.22. The molecule has 0 amide bonds. The maximum atomic E-state index is 8.70. The number of ether oxygens (including phenoxy) is 1. The van der Waals surface area contributed by atoms with Gasteiger partial charge >= 0.3 is 0 Å². The number of aryl methyl sites for hydroxylation is 1. The van der Waals surface area contributed by atoms with E-state index in [0.717, 1.165) is 19.5 Å². The van der Waals surface area contributed by atoms with Gasteiger partial charge in [0.05, 0.1) is 19.3 Å². The van der Waals surface area contributed by atoms with Crippen LogP contribution in [0.25, 0.3) is 0 Å². The fourth-order valence-electron chi connectivity index (χ4n) is 2.07. The van der Waals surface area contributed by atoms with E-state index in [9.17, 15) is 0 Å². The van der Waals surface area contributed by atoms with Crippen LogP contribution in [0.3, 0.4) is 0 Å². The first kappa shape index (κ1) is 11.4. The summed E-state index contributed by atoms with van der Waals surface area (Å²) in [6.07, 6.45) is 1.32. The lowest BCUT2D eigenvalue weighted by molar-refractivity contribution is 0.0411. The summed E-state index contributed by atoms with van der Waals surface area (Å²) in [7, 11) is 0. The van der Waals surface area contributed by atoms with E-state index < -0.39 is 0 Å². The summed E-state index contributed by atoms with van der Waals surface area (Å²) >= 11 is 0. The molecule has 1 heterocycles. The Kier molecular flexibility index (Phi) is 3.80. The van der Waals surface area contributed by atoms with Gasteiger partial charge in [0.1, 0.15) is 0 Å². The fraction of sp³-hybridized carbons (Fsp3) is 0.538. The normalized spacial score (nSPS) is 20.4. The van der Waals surface area contributed by atoms with E-state index in [1.807, 2.05) is 0 Å². The molecule has 2 rings (SSSR count). The van der Waals surface area contributed by atoms with Crippen molar-refractivity contribution >= 4 is 5.69 Å². The second kappa shape index (κ2) is 5.32. The van der Waals surface area contributed by atoms with Crippen LogP contribution in [0.15, 0.2) is 24.3 Å². The van der Waals surface area contributed by atoms with Gasteiger partial charge in [-0.25, -0.2) is 0 Å². The molecule has 1 aromatic rings. The van der Waals surface area contributed by atoms with Crippen molar-refractivity contribution in [2.24, 2.45) is 0 Å². The van der Waals surface area contributed by atoms with Crippen molar-refractivity contribution in [3.05, 3.63) is 29.8 Å². The van der Waals surface area contributed by atoms with Gasteiger partial charge in [0.15, 0.2) is 0 Å². The van der Waals surface area contributed by atoms with E-state index in [1.165, 1.54) is 11.3 Å². The molecule has 1 saturated heterocycles. The first-order valence-corrected chi connectivity index (χ1v) is 5.83. The average molecular weight is 221 g/mol. The molecule has 88 valence electrons. The Balaban J connectivity index is 1.90. The fourth-order valence-corrected chi connectivity index (χ4v) is 2.07. The van der Waals surface area contributed by atoms with Gasteiger partial charge in [-0.05, 0) is 25.5 Å². The van der Waals surface area contributed by atoms with Gasteiger partial charge in [0, 0.05) is 18.8 Å². The Hall–Kier alpha value is -1.06. The number of rotatable bonds is 4. The van der Waals surface area contributed by atoms with Crippen molar-refractivity contribution in [3.8, 4) is 0 Å². The van der Waals surface area contributed by atoms with Crippen molar-refractivity contribution in [1.29, 1.82) is 0 Å². The Bertz CT molecular complexity index is 323. The maximum absolute atomic E-state index is 8.70.